The fourth-order valence-electron chi connectivity index (χ4n) is 7.08. The topological polar surface area (TPSA) is 0 Å². The molecule has 0 amide bonds. The summed E-state index contributed by atoms with van der Waals surface area (Å²) in [6.45, 7) is 5.71. The summed E-state index contributed by atoms with van der Waals surface area (Å²) in [5, 5.41) is 0. The van der Waals surface area contributed by atoms with Gasteiger partial charge in [0.1, 0.15) is 0 Å². The quantitative estimate of drug-likeness (QED) is 0.208. The maximum atomic E-state index is 18.3. The van der Waals surface area contributed by atoms with Crippen LogP contribution in [-0.2, 0) is 19.5 Å². The van der Waals surface area contributed by atoms with Crippen molar-refractivity contribution in [2.75, 3.05) is 0 Å². The Bertz CT molecular complexity index is 1570. The fraction of sp³-hybridized carbons (Fsp3) is 0.194. The molecule has 0 fully saturated rings. The van der Waals surface area contributed by atoms with Crippen LogP contribution in [0.25, 0.3) is 34.4 Å². The second kappa shape index (κ2) is 9.86. The third-order valence-electron chi connectivity index (χ3n) is 8.94. The van der Waals surface area contributed by atoms with Crippen molar-refractivity contribution in [3.05, 3.63) is 130 Å². The summed E-state index contributed by atoms with van der Waals surface area (Å²) >= 11 is -6.77. The van der Waals surface area contributed by atoms with Gasteiger partial charge >= 0.3 is 234 Å². The van der Waals surface area contributed by atoms with E-state index in [0.717, 1.165) is 55.7 Å². The second-order valence-corrected chi connectivity index (χ2v) is 21.2. The van der Waals surface area contributed by atoms with Crippen molar-refractivity contribution in [1.29, 1.82) is 0 Å². The fourth-order valence-corrected chi connectivity index (χ4v) is 18.6. The van der Waals surface area contributed by atoms with Crippen LogP contribution >= 0.6 is 0 Å². The van der Waals surface area contributed by atoms with Gasteiger partial charge in [0.25, 0.3) is 0 Å². The van der Waals surface area contributed by atoms with Crippen molar-refractivity contribution < 1.29 is 24.8 Å². The number of fused-ring (bicyclic) bond motifs is 2. The van der Waals surface area contributed by atoms with Crippen molar-refractivity contribution in [1.82, 2.24) is 0 Å². The zero-order valence-electron chi connectivity index (χ0n) is 22.8. The summed E-state index contributed by atoms with van der Waals surface area (Å²) in [5.74, 6) is 0. The van der Waals surface area contributed by atoms with E-state index < -0.39 is 26.8 Å². The average molecular weight is 596 g/mol. The molecule has 2 atom stereocenters. The van der Waals surface area contributed by atoms with Crippen LogP contribution in [0.5, 0.6) is 0 Å². The molecule has 2 unspecified atom stereocenters. The predicted molar refractivity (Wildman–Crippen MR) is 160 cm³/mol. The van der Waals surface area contributed by atoms with E-state index >= 15 is 5.25 Å². The first-order valence-corrected chi connectivity index (χ1v) is 20.2. The van der Waals surface area contributed by atoms with E-state index in [-0.39, 0.29) is 0 Å². The average Bonchev–Trinajstić information content (AvgIpc) is 3.58. The van der Waals surface area contributed by atoms with Gasteiger partial charge in [0, 0.05) is 0 Å². The van der Waals surface area contributed by atoms with E-state index in [0.29, 0.717) is 12.8 Å². The molecule has 0 saturated heterocycles. The van der Waals surface area contributed by atoms with E-state index in [2.05, 4.69) is 48.6 Å². The second-order valence-electron chi connectivity index (χ2n) is 10.9. The Morgan fingerprint density at radius 1 is 0.590 bits per heavy atom. The summed E-state index contributed by atoms with van der Waals surface area (Å²) in [7, 11) is 0. The molecule has 0 heterocycles. The molecule has 196 valence electrons. The molecule has 0 saturated carbocycles. The van der Waals surface area contributed by atoms with Gasteiger partial charge in [-0.25, -0.2) is 0 Å². The summed E-state index contributed by atoms with van der Waals surface area (Å²) in [4.78, 5) is 0. The van der Waals surface area contributed by atoms with Crippen LogP contribution in [-0.4, -0.2) is 3.71 Å². The Kier molecular flexibility index (Phi) is 6.63. The molecule has 39 heavy (non-hydrogen) atoms. The van der Waals surface area contributed by atoms with Crippen LogP contribution in [0.2, 0.25) is 0 Å². The molecule has 0 spiro atoms. The molecule has 4 aromatic carbocycles. The standard InChI is InChI=1S/2C17H15.C2H4.2FH.Zr/c2*1-2-13-11-15-9-6-10-16(17(15)12-13)14-7-4-3-5-8-14;1-2;;;/h2*3-12H,2H2,1H3;1H,2H3;2*1H;/q;;;;;+2/p-2. The molecule has 2 aliphatic rings. The summed E-state index contributed by atoms with van der Waals surface area (Å²) in [6.07, 6.45) is 5.41. The molecule has 3 heteroatoms. The van der Waals surface area contributed by atoms with Gasteiger partial charge in [-0.1, -0.05) is 0 Å². The summed E-state index contributed by atoms with van der Waals surface area (Å²) in [5.41, 5.74) is 9.55. The first-order valence-electron chi connectivity index (χ1n) is 14.1. The number of hydrogen-bond donors (Lipinski definition) is 0. The van der Waals surface area contributed by atoms with E-state index in [9.17, 15) is 0 Å². The molecule has 0 bridgehead atoms. The summed E-state index contributed by atoms with van der Waals surface area (Å²) in [6, 6.07) is 32.3. The minimum atomic E-state index is -6.77. The Hall–Kier alpha value is -3.03. The van der Waals surface area contributed by atoms with Gasteiger partial charge in [0.2, 0.25) is 0 Å². The monoisotopic (exact) mass is 594 g/mol. The van der Waals surface area contributed by atoms with Crippen molar-refractivity contribution in [3.8, 4) is 22.3 Å². The van der Waals surface area contributed by atoms with Gasteiger partial charge in [-0.3, -0.25) is 0 Å². The number of halogens is 2. The van der Waals surface area contributed by atoms with Crippen LogP contribution in [0, 0.1) is 0 Å². The zero-order chi connectivity index (χ0) is 27.2. The SMILES string of the molecule is C[CH]=[Zr]([F])([F])([CH]1C(CC)=Cc2c(-c3ccccc3)cccc21)[CH]1C(CC)=Cc2c(-c3ccccc3)cccc21. The Balaban J connectivity index is 1.58. The molecule has 0 radical (unpaired) electrons. The van der Waals surface area contributed by atoms with E-state index in [1.807, 2.05) is 74.5 Å². The molecule has 0 N–H and O–H groups in total. The van der Waals surface area contributed by atoms with E-state index in [1.54, 1.807) is 6.92 Å². The van der Waals surface area contributed by atoms with Gasteiger partial charge in [-0.2, -0.15) is 0 Å². The number of benzene rings is 4. The molecular formula is C36H34F2Zr. The normalized spacial score (nSPS) is 18.3. The van der Waals surface area contributed by atoms with Gasteiger partial charge in [0.05, 0.1) is 0 Å². The van der Waals surface area contributed by atoms with Crippen molar-refractivity contribution >= 4 is 15.9 Å². The van der Waals surface area contributed by atoms with E-state index in [4.69, 9.17) is 0 Å². The Morgan fingerprint density at radius 2 is 1.00 bits per heavy atom. The van der Waals surface area contributed by atoms with Crippen LogP contribution in [0.3, 0.4) is 0 Å². The molecule has 0 aliphatic heterocycles. The third-order valence-corrected chi connectivity index (χ3v) is 20.4. The minimum absolute atomic E-state index is 0.619. The molecule has 6 rings (SSSR count). The summed E-state index contributed by atoms with van der Waals surface area (Å²) < 4.78 is 36.4. The van der Waals surface area contributed by atoms with Crippen LogP contribution in [0.1, 0.15) is 63.1 Å². The maximum absolute atomic E-state index is 18.3. The van der Waals surface area contributed by atoms with Crippen molar-refractivity contribution in [2.45, 2.75) is 40.9 Å². The molecule has 2 aliphatic carbocycles. The van der Waals surface area contributed by atoms with Crippen molar-refractivity contribution in [3.63, 3.8) is 0 Å². The molecule has 0 nitrogen and oxygen atoms in total. The zero-order valence-corrected chi connectivity index (χ0v) is 25.3. The van der Waals surface area contributed by atoms with Crippen LogP contribution < -0.4 is 0 Å². The van der Waals surface area contributed by atoms with Crippen LogP contribution in [0.15, 0.2) is 108 Å². The molecule has 0 aromatic heterocycles. The van der Waals surface area contributed by atoms with Crippen LogP contribution in [0.4, 0.5) is 5.25 Å². The molecule has 4 aromatic rings. The Labute approximate surface area is 233 Å². The first-order chi connectivity index (χ1) is 18.9. The molecular weight excluding hydrogens is 562 g/mol. The van der Waals surface area contributed by atoms with Gasteiger partial charge in [0.15, 0.2) is 0 Å². The third kappa shape index (κ3) is 4.04. The number of rotatable bonds is 6. The van der Waals surface area contributed by atoms with Gasteiger partial charge in [-0.05, 0) is 0 Å². The number of allylic oxidation sites excluding steroid dienone is 2. The first kappa shape index (κ1) is 26.2. The van der Waals surface area contributed by atoms with Crippen molar-refractivity contribution in [2.24, 2.45) is 0 Å². The predicted octanol–water partition coefficient (Wildman–Crippen LogP) is 10.7. The van der Waals surface area contributed by atoms with Gasteiger partial charge < -0.3 is 0 Å². The van der Waals surface area contributed by atoms with E-state index in [1.165, 1.54) is 3.71 Å². The number of hydrogen-bond acceptors (Lipinski definition) is 0. The Morgan fingerprint density at radius 3 is 1.36 bits per heavy atom. The van der Waals surface area contributed by atoms with Gasteiger partial charge in [-0.15, -0.1) is 0 Å².